The summed E-state index contributed by atoms with van der Waals surface area (Å²) in [7, 11) is 1.74. The van der Waals surface area contributed by atoms with Crippen molar-refractivity contribution in [1.82, 2.24) is 25.7 Å². The number of nitrogens with zero attached hydrogens (tertiary/aromatic N) is 3. The lowest BCUT2D eigenvalue weighted by molar-refractivity contribution is 0.0527. The first-order valence-electron chi connectivity index (χ1n) is 9.88. The molecule has 0 atom stereocenters. The number of guanidine groups is 1. The van der Waals surface area contributed by atoms with Crippen LogP contribution in [0.3, 0.4) is 0 Å². The second-order valence-electron chi connectivity index (χ2n) is 7.59. The molecular formula is C21H33IN6O2. The molecule has 2 rings (SSSR count). The van der Waals surface area contributed by atoms with E-state index in [1.165, 1.54) is 0 Å². The second kappa shape index (κ2) is 13.1. The van der Waals surface area contributed by atoms with Crippen LogP contribution in [0.2, 0.25) is 0 Å². The van der Waals surface area contributed by atoms with E-state index in [9.17, 15) is 4.79 Å². The summed E-state index contributed by atoms with van der Waals surface area (Å²) in [4.78, 5) is 15.8. The van der Waals surface area contributed by atoms with Gasteiger partial charge in [-0.25, -0.2) is 9.48 Å². The zero-order chi connectivity index (χ0) is 21.1. The number of ether oxygens (including phenoxy) is 1. The Labute approximate surface area is 195 Å². The third-order valence-electron chi connectivity index (χ3n) is 3.90. The lowest BCUT2D eigenvalue weighted by atomic mass is 10.2. The maximum atomic E-state index is 11.6. The Kier molecular flexibility index (Phi) is 11.2. The highest BCUT2D eigenvalue weighted by Gasteiger charge is 2.15. The van der Waals surface area contributed by atoms with Crippen LogP contribution in [0.5, 0.6) is 0 Å². The molecule has 0 spiro atoms. The quantitative estimate of drug-likeness (QED) is 0.212. The maximum Gasteiger partial charge on any atom is 0.407 e. The summed E-state index contributed by atoms with van der Waals surface area (Å²) in [6.07, 6.45) is 5.14. The molecule has 166 valence electrons. The van der Waals surface area contributed by atoms with Crippen molar-refractivity contribution in [3.63, 3.8) is 0 Å². The number of benzene rings is 1. The number of amides is 1. The van der Waals surface area contributed by atoms with Gasteiger partial charge in [-0.05, 0) is 51.3 Å². The van der Waals surface area contributed by atoms with E-state index in [2.05, 4.69) is 26.0 Å². The molecule has 1 aromatic heterocycles. The number of aliphatic imine (C=N–C) groups is 1. The molecule has 1 heterocycles. The topological polar surface area (TPSA) is 92.6 Å². The van der Waals surface area contributed by atoms with Gasteiger partial charge in [0.15, 0.2) is 5.96 Å². The van der Waals surface area contributed by atoms with Crippen molar-refractivity contribution in [2.45, 2.75) is 39.2 Å². The molecule has 0 saturated heterocycles. The van der Waals surface area contributed by atoms with Gasteiger partial charge in [-0.2, -0.15) is 5.10 Å². The smallest absolute Gasteiger partial charge is 0.407 e. The van der Waals surface area contributed by atoms with Crippen LogP contribution in [-0.2, 0) is 11.2 Å². The normalized spacial score (nSPS) is 11.4. The molecule has 0 aliphatic heterocycles. The Balaban J connectivity index is 0.00000450. The van der Waals surface area contributed by atoms with Crippen LogP contribution in [0.25, 0.3) is 5.69 Å². The van der Waals surface area contributed by atoms with Crippen LogP contribution in [0.15, 0.2) is 47.7 Å². The van der Waals surface area contributed by atoms with Crippen LogP contribution < -0.4 is 16.0 Å². The van der Waals surface area contributed by atoms with Crippen LogP contribution in [0.1, 0.15) is 32.8 Å². The van der Waals surface area contributed by atoms with Gasteiger partial charge >= 0.3 is 6.09 Å². The Morgan fingerprint density at radius 1 is 1.10 bits per heavy atom. The van der Waals surface area contributed by atoms with Gasteiger partial charge < -0.3 is 20.7 Å². The molecule has 0 unspecified atom stereocenters. The first-order valence-corrected chi connectivity index (χ1v) is 9.88. The third kappa shape index (κ3) is 9.95. The molecule has 9 heteroatoms. The fraction of sp³-hybridized carbons (Fsp3) is 0.476. The fourth-order valence-corrected chi connectivity index (χ4v) is 2.56. The number of carbonyl (C=O) groups is 1. The summed E-state index contributed by atoms with van der Waals surface area (Å²) in [5.41, 5.74) is 1.72. The minimum atomic E-state index is -0.480. The van der Waals surface area contributed by atoms with Gasteiger partial charge in [-0.1, -0.05) is 18.2 Å². The van der Waals surface area contributed by atoms with Crippen LogP contribution in [-0.4, -0.2) is 54.1 Å². The van der Waals surface area contributed by atoms with Crippen molar-refractivity contribution >= 4 is 36.0 Å². The Morgan fingerprint density at radius 3 is 2.43 bits per heavy atom. The molecule has 1 aromatic carbocycles. The highest BCUT2D eigenvalue weighted by molar-refractivity contribution is 14.0. The van der Waals surface area contributed by atoms with E-state index in [-0.39, 0.29) is 24.0 Å². The monoisotopic (exact) mass is 528 g/mol. The summed E-state index contributed by atoms with van der Waals surface area (Å²) in [6.45, 7) is 7.51. The van der Waals surface area contributed by atoms with Crippen molar-refractivity contribution < 1.29 is 9.53 Å². The second-order valence-corrected chi connectivity index (χ2v) is 7.59. The van der Waals surface area contributed by atoms with Crippen LogP contribution >= 0.6 is 24.0 Å². The van der Waals surface area contributed by atoms with Gasteiger partial charge in [-0.3, -0.25) is 4.99 Å². The van der Waals surface area contributed by atoms with E-state index in [0.29, 0.717) is 13.1 Å². The number of hydrogen-bond donors (Lipinski definition) is 3. The molecule has 2 aromatic rings. The molecule has 0 bridgehead atoms. The van der Waals surface area contributed by atoms with E-state index >= 15 is 0 Å². The minimum Gasteiger partial charge on any atom is -0.444 e. The number of para-hydroxylation sites is 1. The summed E-state index contributed by atoms with van der Waals surface area (Å²) in [5, 5.41) is 13.7. The van der Waals surface area contributed by atoms with Crippen molar-refractivity contribution in [3.05, 3.63) is 48.3 Å². The largest absolute Gasteiger partial charge is 0.444 e. The van der Waals surface area contributed by atoms with Gasteiger partial charge in [-0.15, -0.1) is 24.0 Å². The third-order valence-corrected chi connectivity index (χ3v) is 3.90. The number of halogens is 1. The first kappa shape index (κ1) is 25.7. The molecule has 30 heavy (non-hydrogen) atoms. The molecule has 0 aliphatic carbocycles. The summed E-state index contributed by atoms with van der Waals surface area (Å²) in [5.74, 6) is 0.734. The summed E-state index contributed by atoms with van der Waals surface area (Å²) < 4.78 is 7.07. The number of rotatable bonds is 8. The molecule has 1 amide bonds. The van der Waals surface area contributed by atoms with E-state index in [4.69, 9.17) is 4.74 Å². The van der Waals surface area contributed by atoms with Crippen molar-refractivity contribution in [2.24, 2.45) is 4.99 Å². The van der Waals surface area contributed by atoms with Crippen molar-refractivity contribution in [3.8, 4) is 5.69 Å². The standard InChI is InChI=1S/C21H32N6O2.HI/c1-21(2,3)29-20(28)25-13-8-12-23-19(22-4)24-14-11-17-15-26-27(16-17)18-9-6-5-7-10-18;/h5-7,9-10,15-16H,8,11-14H2,1-4H3,(H,25,28)(H2,22,23,24);1H. The van der Waals surface area contributed by atoms with E-state index in [0.717, 1.165) is 36.6 Å². The molecular weight excluding hydrogens is 495 g/mol. The first-order chi connectivity index (χ1) is 13.9. The van der Waals surface area contributed by atoms with Crippen LogP contribution in [0.4, 0.5) is 4.79 Å². The van der Waals surface area contributed by atoms with Gasteiger partial charge in [0.05, 0.1) is 11.9 Å². The molecule has 0 fully saturated rings. The number of alkyl carbamates (subject to hydrolysis) is 1. The zero-order valence-electron chi connectivity index (χ0n) is 18.1. The van der Waals surface area contributed by atoms with Crippen LogP contribution in [0, 0.1) is 0 Å². The average molecular weight is 528 g/mol. The number of nitrogens with one attached hydrogen (secondary N) is 3. The van der Waals surface area contributed by atoms with Gasteiger partial charge in [0.1, 0.15) is 5.60 Å². The maximum absolute atomic E-state index is 11.6. The number of carbonyl (C=O) groups excluding carboxylic acids is 1. The Morgan fingerprint density at radius 2 is 1.77 bits per heavy atom. The molecule has 0 saturated carbocycles. The highest BCUT2D eigenvalue weighted by atomic mass is 127. The van der Waals surface area contributed by atoms with Gasteiger partial charge in [0.2, 0.25) is 0 Å². The predicted octanol–water partition coefficient (Wildman–Crippen LogP) is 3.11. The fourth-order valence-electron chi connectivity index (χ4n) is 2.56. The predicted molar refractivity (Wildman–Crippen MR) is 131 cm³/mol. The minimum absolute atomic E-state index is 0. The molecule has 0 aliphatic rings. The molecule has 8 nitrogen and oxygen atoms in total. The van der Waals surface area contributed by atoms with E-state index < -0.39 is 11.7 Å². The Bertz CT molecular complexity index is 786. The highest BCUT2D eigenvalue weighted by Crippen LogP contribution is 2.08. The van der Waals surface area contributed by atoms with E-state index in [1.54, 1.807) is 7.05 Å². The van der Waals surface area contributed by atoms with E-state index in [1.807, 2.05) is 68.2 Å². The number of hydrogen-bond acceptors (Lipinski definition) is 4. The van der Waals surface area contributed by atoms with Crippen molar-refractivity contribution in [2.75, 3.05) is 26.7 Å². The SMILES string of the molecule is CN=C(NCCCNC(=O)OC(C)(C)C)NCCc1cnn(-c2ccccc2)c1.I. The lowest BCUT2D eigenvalue weighted by Crippen LogP contribution is -2.40. The lowest BCUT2D eigenvalue weighted by Gasteiger charge is -2.19. The molecule has 3 N–H and O–H groups in total. The summed E-state index contributed by atoms with van der Waals surface area (Å²) in [6, 6.07) is 10.0. The average Bonchev–Trinajstić information content (AvgIpc) is 3.14. The van der Waals surface area contributed by atoms with Gasteiger partial charge in [0.25, 0.3) is 0 Å². The zero-order valence-corrected chi connectivity index (χ0v) is 20.5. The summed E-state index contributed by atoms with van der Waals surface area (Å²) >= 11 is 0. The number of aromatic nitrogens is 2. The van der Waals surface area contributed by atoms with Crippen molar-refractivity contribution in [1.29, 1.82) is 0 Å². The molecule has 0 radical (unpaired) electrons. The van der Waals surface area contributed by atoms with Gasteiger partial charge in [0, 0.05) is 32.9 Å². The Hall–Kier alpha value is -2.30.